The second-order valence-electron chi connectivity index (χ2n) is 8.15. The van der Waals surface area contributed by atoms with E-state index < -0.39 is 17.4 Å². The molecule has 0 bridgehead atoms. The number of ether oxygens (including phenoxy) is 2. The van der Waals surface area contributed by atoms with E-state index >= 15 is 0 Å². The van der Waals surface area contributed by atoms with Gasteiger partial charge in [-0.2, -0.15) is 0 Å². The molecule has 3 atom stereocenters. The van der Waals surface area contributed by atoms with Gasteiger partial charge < -0.3 is 19.9 Å². The van der Waals surface area contributed by atoms with Crippen molar-refractivity contribution < 1.29 is 24.2 Å². The van der Waals surface area contributed by atoms with Crippen LogP contribution in [0.4, 0.5) is 5.69 Å². The van der Waals surface area contributed by atoms with Crippen LogP contribution in [0.3, 0.4) is 0 Å². The highest BCUT2D eigenvalue weighted by Gasteiger charge is 2.49. The van der Waals surface area contributed by atoms with Crippen LogP contribution in [-0.4, -0.2) is 36.5 Å². The molecule has 1 aliphatic carbocycles. The van der Waals surface area contributed by atoms with E-state index in [0.29, 0.717) is 28.3 Å². The molecule has 0 unspecified atom stereocenters. The molecule has 0 saturated carbocycles. The first kappa shape index (κ1) is 22.6. The van der Waals surface area contributed by atoms with Gasteiger partial charge in [0.2, 0.25) is 0 Å². The number of para-hydroxylation sites is 1. The van der Waals surface area contributed by atoms with Crippen molar-refractivity contribution in [3.05, 3.63) is 65.4 Å². The van der Waals surface area contributed by atoms with Gasteiger partial charge in [0, 0.05) is 29.3 Å². The van der Waals surface area contributed by atoms with Crippen molar-refractivity contribution >= 4 is 17.3 Å². The number of allylic oxidation sites excluding steroid dienone is 1. The van der Waals surface area contributed by atoms with Crippen LogP contribution in [0.15, 0.2) is 59.8 Å². The highest BCUT2D eigenvalue weighted by molar-refractivity contribution is 5.98. The average molecular weight is 424 g/mol. The smallest absolute Gasteiger partial charge is 0.161 e. The fraction of sp³-hybridized carbons (Fsp3) is 0.360. The Balaban J connectivity index is 2.24. The minimum absolute atomic E-state index is 0.153. The fourth-order valence-electron chi connectivity index (χ4n) is 4.59. The van der Waals surface area contributed by atoms with Gasteiger partial charge in [0.1, 0.15) is 5.78 Å². The van der Waals surface area contributed by atoms with Crippen molar-refractivity contribution in [2.45, 2.75) is 38.7 Å². The summed E-state index contributed by atoms with van der Waals surface area (Å²) in [5.41, 5.74) is 1.26. The minimum Gasteiger partial charge on any atom is -0.493 e. The highest BCUT2D eigenvalue weighted by atomic mass is 16.5. The van der Waals surface area contributed by atoms with Gasteiger partial charge in [-0.15, -0.1) is 0 Å². The SMILES string of the molecule is COc1ccc([C@@H]2C(C(C)=O)=C(Nc3ccccc3)C[C@@](C)(O)[C@H]2C(C)=O)cc1OC. The number of hydrogen-bond donors (Lipinski definition) is 2. The van der Waals surface area contributed by atoms with Crippen LogP contribution in [-0.2, 0) is 9.59 Å². The summed E-state index contributed by atoms with van der Waals surface area (Å²) in [5.74, 6) is -0.713. The van der Waals surface area contributed by atoms with E-state index in [2.05, 4.69) is 5.32 Å². The lowest BCUT2D eigenvalue weighted by atomic mass is 9.64. The van der Waals surface area contributed by atoms with E-state index in [9.17, 15) is 14.7 Å². The Morgan fingerprint density at radius 1 is 1.03 bits per heavy atom. The summed E-state index contributed by atoms with van der Waals surface area (Å²) in [6.07, 6.45) is 0.158. The van der Waals surface area contributed by atoms with Gasteiger partial charge in [0.05, 0.1) is 25.7 Å². The first-order valence-corrected chi connectivity index (χ1v) is 10.2. The lowest BCUT2D eigenvalue weighted by Crippen LogP contribution is -2.48. The zero-order valence-corrected chi connectivity index (χ0v) is 18.6. The Hall–Kier alpha value is -3.12. The van der Waals surface area contributed by atoms with Gasteiger partial charge in [-0.25, -0.2) is 0 Å². The van der Waals surface area contributed by atoms with E-state index in [4.69, 9.17) is 9.47 Å². The van der Waals surface area contributed by atoms with Gasteiger partial charge in [-0.3, -0.25) is 9.59 Å². The van der Waals surface area contributed by atoms with E-state index in [1.54, 1.807) is 26.2 Å². The number of anilines is 1. The fourth-order valence-corrected chi connectivity index (χ4v) is 4.59. The van der Waals surface area contributed by atoms with E-state index in [-0.39, 0.29) is 18.0 Å². The molecule has 0 heterocycles. The number of Topliss-reactive ketones (excluding diaryl/α,β-unsaturated/α-hetero) is 2. The zero-order valence-electron chi connectivity index (χ0n) is 18.6. The topological polar surface area (TPSA) is 84.9 Å². The molecule has 0 fully saturated rings. The van der Waals surface area contributed by atoms with Gasteiger partial charge in [0.15, 0.2) is 17.3 Å². The monoisotopic (exact) mass is 423 g/mol. The number of carbonyl (C=O) groups excluding carboxylic acids is 2. The number of rotatable bonds is 7. The van der Waals surface area contributed by atoms with Gasteiger partial charge in [-0.05, 0) is 50.6 Å². The second kappa shape index (κ2) is 8.94. The van der Waals surface area contributed by atoms with Crippen molar-refractivity contribution in [1.29, 1.82) is 0 Å². The number of ketones is 2. The normalized spacial score (nSPS) is 23.3. The molecular weight excluding hydrogens is 394 g/mol. The largest absolute Gasteiger partial charge is 0.493 e. The van der Waals surface area contributed by atoms with E-state index in [1.165, 1.54) is 21.0 Å². The van der Waals surface area contributed by atoms with Crippen molar-refractivity contribution in [3.8, 4) is 11.5 Å². The summed E-state index contributed by atoms with van der Waals surface area (Å²) in [4.78, 5) is 25.6. The van der Waals surface area contributed by atoms with Crippen molar-refractivity contribution in [2.75, 3.05) is 19.5 Å². The molecule has 0 amide bonds. The average Bonchev–Trinajstić information content (AvgIpc) is 2.72. The van der Waals surface area contributed by atoms with Crippen LogP contribution in [0.1, 0.15) is 38.7 Å². The first-order valence-electron chi connectivity index (χ1n) is 10.2. The van der Waals surface area contributed by atoms with Gasteiger partial charge in [-0.1, -0.05) is 24.3 Å². The molecule has 0 aliphatic heterocycles. The molecule has 0 spiro atoms. The van der Waals surface area contributed by atoms with Gasteiger partial charge in [0.25, 0.3) is 0 Å². The standard InChI is InChI=1S/C25H29NO5/c1-15(27)22-19(26-18-9-7-6-8-10-18)14-25(3,29)24(16(2)28)23(22)17-11-12-20(30-4)21(13-17)31-5/h6-13,23-24,26,29H,14H2,1-5H3/t23-,24+,25-/m1/s1. The first-order chi connectivity index (χ1) is 14.7. The van der Waals surface area contributed by atoms with Crippen molar-refractivity contribution in [3.63, 3.8) is 0 Å². The maximum Gasteiger partial charge on any atom is 0.161 e. The summed E-state index contributed by atoms with van der Waals surface area (Å²) in [6.45, 7) is 4.60. The van der Waals surface area contributed by atoms with E-state index in [0.717, 1.165) is 5.69 Å². The highest BCUT2D eigenvalue weighted by Crippen LogP contribution is 2.48. The number of methoxy groups -OCH3 is 2. The predicted molar refractivity (Wildman–Crippen MR) is 119 cm³/mol. The maximum atomic E-state index is 12.9. The third kappa shape index (κ3) is 4.49. The molecule has 2 aromatic carbocycles. The van der Waals surface area contributed by atoms with Crippen LogP contribution in [0.5, 0.6) is 11.5 Å². The van der Waals surface area contributed by atoms with Gasteiger partial charge >= 0.3 is 0 Å². The molecule has 2 aromatic rings. The third-order valence-corrected chi connectivity index (χ3v) is 5.83. The Morgan fingerprint density at radius 3 is 2.23 bits per heavy atom. The number of carbonyl (C=O) groups is 2. The number of nitrogens with one attached hydrogen (secondary N) is 1. The molecule has 0 saturated heterocycles. The molecule has 0 radical (unpaired) electrons. The van der Waals surface area contributed by atoms with Crippen LogP contribution in [0.25, 0.3) is 0 Å². The predicted octanol–water partition coefficient (Wildman–Crippen LogP) is 4.10. The van der Waals surface area contributed by atoms with E-state index in [1.807, 2.05) is 36.4 Å². The Morgan fingerprint density at radius 2 is 1.68 bits per heavy atom. The second-order valence-corrected chi connectivity index (χ2v) is 8.15. The molecule has 164 valence electrons. The molecule has 6 heteroatoms. The Bertz CT molecular complexity index is 1010. The van der Waals surface area contributed by atoms with Crippen molar-refractivity contribution in [1.82, 2.24) is 0 Å². The zero-order chi connectivity index (χ0) is 22.8. The Kier molecular flexibility index (Phi) is 6.51. The Labute approximate surface area is 182 Å². The quantitative estimate of drug-likeness (QED) is 0.697. The molecule has 3 rings (SSSR count). The summed E-state index contributed by atoms with van der Waals surface area (Å²) < 4.78 is 10.8. The molecule has 0 aromatic heterocycles. The maximum absolute atomic E-state index is 12.9. The van der Waals surface area contributed by atoms with Crippen LogP contribution in [0, 0.1) is 5.92 Å². The lowest BCUT2D eigenvalue weighted by molar-refractivity contribution is -0.131. The summed E-state index contributed by atoms with van der Waals surface area (Å²) >= 11 is 0. The number of benzene rings is 2. The number of hydrogen-bond acceptors (Lipinski definition) is 6. The third-order valence-electron chi connectivity index (χ3n) is 5.83. The summed E-state index contributed by atoms with van der Waals surface area (Å²) in [7, 11) is 3.08. The van der Waals surface area contributed by atoms with Crippen molar-refractivity contribution in [2.24, 2.45) is 5.92 Å². The summed E-state index contributed by atoms with van der Waals surface area (Å²) in [6, 6.07) is 14.8. The van der Waals surface area contributed by atoms with Crippen LogP contribution < -0.4 is 14.8 Å². The summed E-state index contributed by atoms with van der Waals surface area (Å²) in [5, 5.41) is 14.7. The molecule has 1 aliphatic rings. The number of aliphatic hydroxyl groups is 1. The van der Waals surface area contributed by atoms with Crippen LogP contribution >= 0.6 is 0 Å². The molecule has 31 heavy (non-hydrogen) atoms. The van der Waals surface area contributed by atoms with Crippen LogP contribution in [0.2, 0.25) is 0 Å². The minimum atomic E-state index is -1.35. The lowest BCUT2D eigenvalue weighted by Gasteiger charge is -2.43. The molecule has 2 N–H and O–H groups in total. The molecular formula is C25H29NO5. The molecule has 6 nitrogen and oxygen atoms in total.